The van der Waals surface area contributed by atoms with Gasteiger partial charge in [0.05, 0.1) is 6.04 Å². The Morgan fingerprint density at radius 3 is 2.13 bits per heavy atom. The second-order valence-electron chi connectivity index (χ2n) is 11.2. The number of para-hydroxylation sites is 1. The predicted octanol–water partition coefficient (Wildman–Crippen LogP) is 5.51. The summed E-state index contributed by atoms with van der Waals surface area (Å²) in [5, 5.41) is 9.11. The van der Waals surface area contributed by atoms with Gasteiger partial charge in [-0.1, -0.05) is 30.3 Å². The maximum absolute atomic E-state index is 13.6. The summed E-state index contributed by atoms with van der Waals surface area (Å²) in [5.41, 5.74) is 1.04. The Labute approximate surface area is 227 Å². The zero-order valence-corrected chi connectivity index (χ0v) is 23.2. The Bertz CT molecular complexity index is 1310. The monoisotopic (exact) mass is 540 g/mol. The molecule has 0 saturated heterocycles. The molecule has 0 saturated carbocycles. The highest BCUT2D eigenvalue weighted by molar-refractivity contribution is 6.09. The van der Waals surface area contributed by atoms with E-state index in [2.05, 4.69) is 20.9 Å². The molecule has 0 aliphatic carbocycles. The molecule has 0 aliphatic rings. The van der Waals surface area contributed by atoms with Crippen LogP contribution in [0.4, 0.5) is 14.0 Å². The van der Waals surface area contributed by atoms with Crippen molar-refractivity contribution in [1.82, 2.24) is 20.9 Å². The lowest BCUT2D eigenvalue weighted by molar-refractivity contribution is 0.0496. The molecule has 0 bridgehead atoms. The third kappa shape index (κ3) is 9.01. The van der Waals surface area contributed by atoms with E-state index in [-0.39, 0.29) is 18.9 Å². The van der Waals surface area contributed by atoms with Crippen molar-refractivity contribution >= 4 is 29.0 Å². The Kier molecular flexibility index (Phi) is 9.21. The summed E-state index contributed by atoms with van der Waals surface area (Å²) in [6.07, 6.45) is -0.919. The Balaban J connectivity index is 1.76. The van der Waals surface area contributed by atoms with Crippen LogP contribution >= 0.6 is 0 Å². The van der Waals surface area contributed by atoms with E-state index in [1.807, 2.05) is 24.3 Å². The lowest BCUT2D eigenvalue weighted by Crippen LogP contribution is -2.47. The van der Waals surface area contributed by atoms with Crippen LogP contribution in [0, 0.1) is 5.82 Å². The number of benzene rings is 2. The molecule has 1 aromatic heterocycles. The van der Waals surface area contributed by atoms with Gasteiger partial charge in [0.15, 0.2) is 0 Å². The number of carbonyl (C=O) groups excluding carboxylic acids is 3. The topological polar surface area (TPSA) is 122 Å². The van der Waals surface area contributed by atoms with Crippen molar-refractivity contribution in [3.63, 3.8) is 0 Å². The van der Waals surface area contributed by atoms with E-state index in [0.29, 0.717) is 23.2 Å². The largest absolute Gasteiger partial charge is 0.444 e. The van der Waals surface area contributed by atoms with Crippen LogP contribution in [0.25, 0.3) is 22.0 Å². The molecular formula is C29H37FN4O5. The number of amides is 3. The number of alkyl carbamates (subject to hydrolysis) is 2. The maximum atomic E-state index is 13.6. The minimum Gasteiger partial charge on any atom is -0.444 e. The molecule has 0 unspecified atom stereocenters. The highest BCUT2D eigenvalue weighted by Crippen LogP contribution is 2.32. The van der Waals surface area contributed by atoms with Crippen LogP contribution < -0.4 is 16.0 Å². The summed E-state index contributed by atoms with van der Waals surface area (Å²) >= 11 is 0. The second kappa shape index (κ2) is 12.2. The summed E-state index contributed by atoms with van der Waals surface area (Å²) in [5.74, 6) is -0.776. The number of H-pyrrole nitrogens is 1. The standard InChI is InChI=1S/C29H37FN4O5/c1-28(2,3)38-26(36)31-16-15-20(33-27(37)39-29(4,5)6)17-32-25(35)24-23(18-11-13-19(30)14-12-18)21-9-7-8-10-22(21)34-24/h7-14,20,34H,15-17H2,1-6H3,(H,31,36)(H,32,35)(H,33,37)/t20-/m0/s1. The van der Waals surface area contributed by atoms with Gasteiger partial charge < -0.3 is 30.4 Å². The molecule has 0 spiro atoms. The number of ether oxygens (including phenoxy) is 2. The molecule has 210 valence electrons. The first-order valence-electron chi connectivity index (χ1n) is 12.8. The quantitative estimate of drug-likeness (QED) is 0.300. The molecule has 3 rings (SSSR count). The summed E-state index contributed by atoms with van der Waals surface area (Å²) in [7, 11) is 0. The second-order valence-corrected chi connectivity index (χ2v) is 11.2. The van der Waals surface area contributed by atoms with Gasteiger partial charge in [-0.2, -0.15) is 0 Å². The fourth-order valence-electron chi connectivity index (χ4n) is 3.90. The van der Waals surface area contributed by atoms with Gasteiger partial charge in [-0.3, -0.25) is 4.79 Å². The summed E-state index contributed by atoms with van der Waals surface area (Å²) in [4.78, 5) is 41.0. The van der Waals surface area contributed by atoms with Crippen LogP contribution in [0.15, 0.2) is 48.5 Å². The van der Waals surface area contributed by atoms with E-state index in [1.165, 1.54) is 12.1 Å². The van der Waals surface area contributed by atoms with E-state index < -0.39 is 35.3 Å². The van der Waals surface area contributed by atoms with E-state index in [0.717, 1.165) is 10.9 Å². The zero-order valence-electron chi connectivity index (χ0n) is 23.2. The molecule has 4 N–H and O–H groups in total. The van der Waals surface area contributed by atoms with Gasteiger partial charge in [-0.15, -0.1) is 0 Å². The lowest BCUT2D eigenvalue weighted by atomic mass is 10.0. The number of aromatic amines is 1. The third-order valence-electron chi connectivity index (χ3n) is 5.46. The first-order valence-corrected chi connectivity index (χ1v) is 12.8. The molecule has 2 aromatic carbocycles. The van der Waals surface area contributed by atoms with Gasteiger partial charge in [0.25, 0.3) is 5.91 Å². The van der Waals surface area contributed by atoms with Crippen molar-refractivity contribution in [3.8, 4) is 11.1 Å². The van der Waals surface area contributed by atoms with Crippen LogP contribution in [-0.4, -0.2) is 53.4 Å². The summed E-state index contributed by atoms with van der Waals surface area (Å²) in [6.45, 7) is 10.8. The Hall–Kier alpha value is -4.08. The highest BCUT2D eigenvalue weighted by Gasteiger charge is 2.23. The molecule has 10 heteroatoms. The molecule has 0 fully saturated rings. The number of nitrogens with one attached hydrogen (secondary N) is 4. The van der Waals surface area contributed by atoms with Crippen molar-refractivity contribution < 1.29 is 28.2 Å². The van der Waals surface area contributed by atoms with Crippen molar-refractivity contribution in [1.29, 1.82) is 0 Å². The van der Waals surface area contributed by atoms with Gasteiger partial charge in [0, 0.05) is 29.6 Å². The molecule has 0 radical (unpaired) electrons. The average molecular weight is 541 g/mol. The van der Waals surface area contributed by atoms with Crippen molar-refractivity contribution in [2.45, 2.75) is 65.2 Å². The predicted molar refractivity (Wildman–Crippen MR) is 148 cm³/mol. The molecular weight excluding hydrogens is 503 g/mol. The van der Waals surface area contributed by atoms with Crippen molar-refractivity contribution in [2.75, 3.05) is 13.1 Å². The minimum atomic E-state index is -0.707. The van der Waals surface area contributed by atoms with Crippen molar-refractivity contribution in [3.05, 3.63) is 60.0 Å². The molecule has 3 aromatic rings. The van der Waals surface area contributed by atoms with Crippen molar-refractivity contribution in [2.24, 2.45) is 0 Å². The van der Waals surface area contributed by atoms with Crippen LogP contribution in [0.3, 0.4) is 0 Å². The number of halogens is 1. The molecule has 1 heterocycles. The molecule has 0 aliphatic heterocycles. The van der Waals surface area contributed by atoms with E-state index >= 15 is 0 Å². The number of fused-ring (bicyclic) bond motifs is 1. The molecule has 39 heavy (non-hydrogen) atoms. The Morgan fingerprint density at radius 1 is 0.872 bits per heavy atom. The van der Waals surface area contributed by atoms with Gasteiger partial charge in [-0.05, 0) is 71.7 Å². The van der Waals surface area contributed by atoms with E-state index in [4.69, 9.17) is 9.47 Å². The molecule has 3 amide bonds. The maximum Gasteiger partial charge on any atom is 0.407 e. The smallest absolute Gasteiger partial charge is 0.407 e. The number of aromatic nitrogens is 1. The molecule has 9 nitrogen and oxygen atoms in total. The fourth-order valence-corrected chi connectivity index (χ4v) is 3.90. The summed E-state index contributed by atoms with van der Waals surface area (Å²) < 4.78 is 24.2. The zero-order chi connectivity index (χ0) is 28.8. The normalized spacial score (nSPS) is 12.5. The van der Waals surface area contributed by atoms with E-state index in [9.17, 15) is 18.8 Å². The third-order valence-corrected chi connectivity index (χ3v) is 5.46. The highest BCUT2D eigenvalue weighted by atomic mass is 19.1. The van der Waals surface area contributed by atoms with Gasteiger partial charge >= 0.3 is 12.2 Å². The van der Waals surface area contributed by atoms with Gasteiger partial charge in [-0.25, -0.2) is 14.0 Å². The number of carbonyl (C=O) groups is 3. The lowest BCUT2D eigenvalue weighted by Gasteiger charge is -2.24. The first-order chi connectivity index (χ1) is 18.2. The van der Waals surface area contributed by atoms with Crippen LogP contribution in [-0.2, 0) is 9.47 Å². The average Bonchev–Trinajstić information content (AvgIpc) is 3.20. The number of rotatable bonds is 8. The van der Waals surface area contributed by atoms with Gasteiger partial charge in [0.1, 0.15) is 22.7 Å². The van der Waals surface area contributed by atoms with Crippen LogP contribution in [0.5, 0.6) is 0 Å². The summed E-state index contributed by atoms with van der Waals surface area (Å²) in [6, 6.07) is 12.8. The fraction of sp³-hybridized carbons (Fsp3) is 0.414. The number of hydrogen-bond donors (Lipinski definition) is 4. The molecule has 1 atom stereocenters. The van der Waals surface area contributed by atoms with Crippen LogP contribution in [0.2, 0.25) is 0 Å². The van der Waals surface area contributed by atoms with Gasteiger partial charge in [0.2, 0.25) is 0 Å². The van der Waals surface area contributed by atoms with E-state index in [1.54, 1.807) is 53.7 Å². The number of hydrogen-bond acceptors (Lipinski definition) is 5. The SMILES string of the molecule is CC(C)(C)OC(=O)NCC[C@@H](CNC(=O)c1[nH]c2ccccc2c1-c1ccc(F)cc1)NC(=O)OC(C)(C)C. The van der Waals surface area contributed by atoms with Crippen LogP contribution in [0.1, 0.15) is 58.5 Å². The Morgan fingerprint density at radius 2 is 1.49 bits per heavy atom. The minimum absolute atomic E-state index is 0.0618. The first kappa shape index (κ1) is 29.5.